The Bertz CT molecular complexity index is 369. The van der Waals surface area contributed by atoms with Gasteiger partial charge < -0.3 is 20.4 Å². The van der Waals surface area contributed by atoms with Gasteiger partial charge in [0.2, 0.25) is 0 Å². The molecule has 1 fully saturated rings. The van der Waals surface area contributed by atoms with Crippen LogP contribution in [-0.2, 0) is 0 Å². The van der Waals surface area contributed by atoms with Gasteiger partial charge in [0, 0.05) is 38.3 Å². The lowest BCUT2D eigenvalue weighted by Crippen LogP contribution is -2.52. The van der Waals surface area contributed by atoms with Crippen LogP contribution in [0.15, 0.2) is 4.99 Å². The fourth-order valence-electron chi connectivity index (χ4n) is 3.28. The molecule has 1 saturated heterocycles. The normalized spacial score (nSPS) is 21.6. The minimum absolute atomic E-state index is 0.445. The molecule has 25 heavy (non-hydrogen) atoms. The van der Waals surface area contributed by atoms with Crippen molar-refractivity contribution >= 4 is 5.96 Å². The summed E-state index contributed by atoms with van der Waals surface area (Å²) in [6.07, 6.45) is 2.40. The van der Waals surface area contributed by atoms with Gasteiger partial charge in [0.25, 0.3) is 0 Å². The topological polar surface area (TPSA) is 46.1 Å². The molecule has 0 aromatic rings. The Balaban J connectivity index is 2.43. The number of nitrogens with one attached hydrogen (secondary N) is 2. The molecule has 0 amide bonds. The third-order valence-corrected chi connectivity index (χ3v) is 5.17. The Morgan fingerprint density at radius 1 is 1.20 bits per heavy atom. The van der Waals surface area contributed by atoms with Crippen molar-refractivity contribution in [1.82, 2.24) is 25.3 Å². The van der Waals surface area contributed by atoms with Gasteiger partial charge in [-0.05, 0) is 60.4 Å². The molecule has 1 heterocycles. The highest BCUT2D eigenvalue weighted by atomic mass is 15.3. The maximum atomic E-state index is 4.85. The van der Waals surface area contributed by atoms with Crippen molar-refractivity contribution in [2.75, 3.05) is 66.5 Å². The Morgan fingerprint density at radius 3 is 2.56 bits per heavy atom. The van der Waals surface area contributed by atoms with E-state index < -0.39 is 0 Å². The van der Waals surface area contributed by atoms with Gasteiger partial charge in [-0.25, -0.2) is 0 Å². The Morgan fingerprint density at radius 2 is 1.92 bits per heavy atom. The van der Waals surface area contributed by atoms with Crippen LogP contribution in [0.2, 0.25) is 0 Å². The lowest BCUT2D eigenvalue weighted by molar-refractivity contribution is 0.119. The minimum atomic E-state index is 0.445. The van der Waals surface area contributed by atoms with E-state index in [9.17, 15) is 0 Å². The summed E-state index contributed by atoms with van der Waals surface area (Å²) in [6, 6.07) is 0.951. The first-order valence-corrected chi connectivity index (χ1v) is 10.2. The van der Waals surface area contributed by atoms with Crippen molar-refractivity contribution in [3.63, 3.8) is 0 Å². The fourth-order valence-corrected chi connectivity index (χ4v) is 3.28. The second-order valence-corrected chi connectivity index (χ2v) is 7.33. The van der Waals surface area contributed by atoms with E-state index in [1.807, 2.05) is 0 Å². The molecule has 1 aliphatic heterocycles. The van der Waals surface area contributed by atoms with Crippen molar-refractivity contribution in [3.8, 4) is 0 Å². The number of aliphatic imine (C=N–C) groups is 1. The van der Waals surface area contributed by atoms with Gasteiger partial charge in [-0.2, -0.15) is 0 Å². The van der Waals surface area contributed by atoms with Crippen molar-refractivity contribution in [2.24, 2.45) is 4.99 Å². The van der Waals surface area contributed by atoms with Crippen LogP contribution in [0.1, 0.15) is 40.5 Å². The van der Waals surface area contributed by atoms with E-state index in [0.29, 0.717) is 12.1 Å². The zero-order valence-corrected chi connectivity index (χ0v) is 17.5. The third-order valence-electron chi connectivity index (χ3n) is 5.17. The Hall–Kier alpha value is -0.850. The van der Waals surface area contributed by atoms with E-state index in [1.54, 1.807) is 0 Å². The smallest absolute Gasteiger partial charge is 0.191 e. The maximum absolute atomic E-state index is 4.85. The first kappa shape index (κ1) is 22.2. The van der Waals surface area contributed by atoms with Gasteiger partial charge in [0.05, 0.1) is 6.54 Å². The average Bonchev–Trinajstić information content (AvgIpc) is 2.59. The molecule has 148 valence electrons. The van der Waals surface area contributed by atoms with E-state index in [0.717, 1.165) is 51.8 Å². The molecule has 0 radical (unpaired) electrons. The molecule has 0 aromatic heterocycles. The van der Waals surface area contributed by atoms with E-state index in [2.05, 4.69) is 67.1 Å². The summed E-state index contributed by atoms with van der Waals surface area (Å²) in [4.78, 5) is 12.2. The van der Waals surface area contributed by atoms with E-state index in [1.165, 1.54) is 19.4 Å². The molecular weight excluding hydrogens is 312 g/mol. The van der Waals surface area contributed by atoms with Crippen molar-refractivity contribution < 1.29 is 0 Å². The Kier molecular flexibility index (Phi) is 11.1. The highest BCUT2D eigenvalue weighted by Gasteiger charge is 2.21. The van der Waals surface area contributed by atoms with Gasteiger partial charge in [0.1, 0.15) is 0 Å². The summed E-state index contributed by atoms with van der Waals surface area (Å²) in [7, 11) is 4.41. The largest absolute Gasteiger partial charge is 0.357 e. The van der Waals surface area contributed by atoms with Crippen LogP contribution in [0.25, 0.3) is 0 Å². The van der Waals surface area contributed by atoms with Gasteiger partial charge >= 0.3 is 0 Å². The standard InChI is InChI=1S/C19H42N6/c1-7-20-19(21-15-18-16-23(5)13-14-24(18)6)22-17(4)11-10-12-25(8-2)9-3/h17-18H,7-16H2,1-6H3,(H2,20,21,22). The number of piperazine rings is 1. The quantitative estimate of drug-likeness (QED) is 0.457. The highest BCUT2D eigenvalue weighted by molar-refractivity contribution is 5.80. The van der Waals surface area contributed by atoms with Crippen LogP contribution in [0.3, 0.4) is 0 Å². The molecule has 2 N–H and O–H groups in total. The van der Waals surface area contributed by atoms with E-state index in [-0.39, 0.29) is 0 Å². The maximum Gasteiger partial charge on any atom is 0.191 e. The number of hydrogen-bond donors (Lipinski definition) is 2. The summed E-state index contributed by atoms with van der Waals surface area (Å²) in [5.41, 5.74) is 0. The monoisotopic (exact) mass is 354 g/mol. The molecule has 0 saturated carbocycles. The lowest BCUT2D eigenvalue weighted by atomic mass is 10.1. The van der Waals surface area contributed by atoms with Crippen molar-refractivity contribution in [3.05, 3.63) is 0 Å². The van der Waals surface area contributed by atoms with Crippen molar-refractivity contribution in [1.29, 1.82) is 0 Å². The molecule has 6 heteroatoms. The molecule has 1 aliphatic rings. The van der Waals surface area contributed by atoms with Crippen LogP contribution < -0.4 is 10.6 Å². The molecule has 6 nitrogen and oxygen atoms in total. The number of hydrogen-bond acceptors (Lipinski definition) is 4. The summed E-state index contributed by atoms with van der Waals surface area (Å²) in [5.74, 6) is 0.958. The summed E-state index contributed by atoms with van der Waals surface area (Å²) in [6.45, 7) is 17.5. The first-order chi connectivity index (χ1) is 12.0. The van der Waals surface area contributed by atoms with Crippen LogP contribution >= 0.6 is 0 Å². The predicted octanol–water partition coefficient (Wildman–Crippen LogP) is 1.30. The second-order valence-electron chi connectivity index (χ2n) is 7.33. The first-order valence-electron chi connectivity index (χ1n) is 10.2. The molecule has 2 unspecified atom stereocenters. The highest BCUT2D eigenvalue weighted by Crippen LogP contribution is 2.06. The number of rotatable bonds is 10. The molecule has 2 atom stereocenters. The van der Waals surface area contributed by atoms with Crippen LogP contribution in [0, 0.1) is 0 Å². The van der Waals surface area contributed by atoms with Crippen LogP contribution in [0.4, 0.5) is 0 Å². The SMILES string of the molecule is CCNC(=NCC1CN(C)CCN1C)NC(C)CCCN(CC)CC. The molecule has 0 spiro atoms. The van der Waals surface area contributed by atoms with E-state index in [4.69, 9.17) is 4.99 Å². The lowest BCUT2D eigenvalue weighted by Gasteiger charge is -2.37. The molecular formula is C19H42N6. The van der Waals surface area contributed by atoms with Crippen molar-refractivity contribution in [2.45, 2.75) is 52.6 Å². The van der Waals surface area contributed by atoms with Crippen LogP contribution in [0.5, 0.6) is 0 Å². The van der Waals surface area contributed by atoms with Crippen LogP contribution in [-0.4, -0.2) is 99.2 Å². The number of guanidine groups is 1. The molecule has 0 aromatic carbocycles. The fraction of sp³-hybridized carbons (Fsp3) is 0.947. The Labute approximate surface area is 156 Å². The number of likely N-dealkylation sites (N-methyl/N-ethyl adjacent to an activating group) is 2. The summed E-state index contributed by atoms with van der Waals surface area (Å²) < 4.78 is 0. The van der Waals surface area contributed by atoms with E-state index >= 15 is 0 Å². The van der Waals surface area contributed by atoms with Gasteiger partial charge in [-0.3, -0.25) is 9.89 Å². The molecule has 0 bridgehead atoms. The number of nitrogens with zero attached hydrogens (tertiary/aromatic N) is 4. The second kappa shape index (κ2) is 12.5. The third kappa shape index (κ3) is 8.88. The van der Waals surface area contributed by atoms with Gasteiger partial charge in [-0.15, -0.1) is 0 Å². The summed E-state index contributed by atoms with van der Waals surface area (Å²) >= 11 is 0. The zero-order valence-electron chi connectivity index (χ0n) is 17.5. The summed E-state index contributed by atoms with van der Waals surface area (Å²) in [5, 5.41) is 6.98. The molecule has 1 rings (SSSR count). The minimum Gasteiger partial charge on any atom is -0.357 e. The average molecular weight is 355 g/mol. The predicted molar refractivity (Wildman–Crippen MR) is 110 cm³/mol. The molecule has 0 aliphatic carbocycles. The zero-order chi connectivity index (χ0) is 18.7. The van der Waals surface area contributed by atoms with Gasteiger partial charge in [-0.1, -0.05) is 13.8 Å². The van der Waals surface area contributed by atoms with Gasteiger partial charge in [0.15, 0.2) is 5.96 Å².